The van der Waals surface area contributed by atoms with Crippen LogP contribution in [0.5, 0.6) is 5.75 Å². The van der Waals surface area contributed by atoms with Gasteiger partial charge in [-0.2, -0.15) is 5.26 Å². The van der Waals surface area contributed by atoms with Gasteiger partial charge >= 0.3 is 5.97 Å². The molecule has 1 aliphatic rings. The number of carbonyl (C=O) groups excluding carboxylic acids is 2. The first kappa shape index (κ1) is 21.1. The topological polar surface area (TPSA) is 101 Å². The number of benzene rings is 2. The predicted molar refractivity (Wildman–Crippen MR) is 110 cm³/mol. The Bertz CT molecular complexity index is 900. The van der Waals surface area contributed by atoms with Crippen LogP contribution in [-0.2, 0) is 19.1 Å². The molecule has 2 aromatic carbocycles. The second-order valence-electron chi connectivity index (χ2n) is 6.70. The van der Waals surface area contributed by atoms with E-state index in [1.807, 2.05) is 18.2 Å². The van der Waals surface area contributed by atoms with Crippen LogP contribution in [0.2, 0.25) is 0 Å². The van der Waals surface area contributed by atoms with Crippen LogP contribution in [-0.4, -0.2) is 50.9 Å². The van der Waals surface area contributed by atoms with Crippen molar-refractivity contribution in [3.63, 3.8) is 0 Å². The molecule has 0 aliphatic carbocycles. The van der Waals surface area contributed by atoms with E-state index in [0.29, 0.717) is 30.2 Å². The quantitative estimate of drug-likeness (QED) is 0.701. The molecular formula is C22H23N3O5. The summed E-state index contributed by atoms with van der Waals surface area (Å²) in [5.74, 6) is -0.659. The summed E-state index contributed by atoms with van der Waals surface area (Å²) in [6.45, 7) is 4.21. The Hall–Kier alpha value is -3.57. The molecule has 1 amide bonds. The molecule has 0 spiro atoms. The van der Waals surface area contributed by atoms with Gasteiger partial charge in [0.15, 0.2) is 12.7 Å². The molecule has 1 atom stereocenters. The lowest BCUT2D eigenvalue weighted by Crippen LogP contribution is -2.36. The van der Waals surface area contributed by atoms with Gasteiger partial charge in [-0.3, -0.25) is 4.79 Å². The van der Waals surface area contributed by atoms with E-state index in [4.69, 9.17) is 19.5 Å². The maximum atomic E-state index is 12.1. The Balaban J connectivity index is 1.43. The van der Waals surface area contributed by atoms with E-state index in [9.17, 15) is 9.59 Å². The normalized spacial score (nSPS) is 14.3. The molecule has 1 saturated heterocycles. The maximum Gasteiger partial charge on any atom is 0.347 e. The molecule has 1 N–H and O–H groups in total. The van der Waals surface area contributed by atoms with Crippen LogP contribution in [0.3, 0.4) is 0 Å². The third kappa shape index (κ3) is 5.96. The van der Waals surface area contributed by atoms with Crippen molar-refractivity contribution in [1.29, 1.82) is 5.26 Å². The highest BCUT2D eigenvalue weighted by atomic mass is 16.6. The van der Waals surface area contributed by atoms with Gasteiger partial charge in [0, 0.05) is 24.5 Å². The van der Waals surface area contributed by atoms with Gasteiger partial charge in [0.1, 0.15) is 5.75 Å². The predicted octanol–water partition coefficient (Wildman–Crippen LogP) is 2.34. The summed E-state index contributed by atoms with van der Waals surface area (Å²) in [4.78, 5) is 26.3. The number of ether oxygens (including phenoxy) is 3. The smallest absolute Gasteiger partial charge is 0.347 e. The molecule has 30 heavy (non-hydrogen) atoms. The first-order chi connectivity index (χ1) is 14.5. The van der Waals surface area contributed by atoms with Gasteiger partial charge in [-0.15, -0.1) is 0 Å². The number of hydrogen-bond acceptors (Lipinski definition) is 7. The van der Waals surface area contributed by atoms with Crippen molar-refractivity contribution in [2.45, 2.75) is 13.0 Å². The first-order valence-corrected chi connectivity index (χ1v) is 9.61. The first-order valence-electron chi connectivity index (χ1n) is 9.61. The molecule has 8 heteroatoms. The van der Waals surface area contributed by atoms with Crippen LogP contribution in [0.4, 0.5) is 11.4 Å². The molecule has 0 radical (unpaired) electrons. The Kier molecular flexibility index (Phi) is 7.24. The van der Waals surface area contributed by atoms with Crippen LogP contribution in [0.15, 0.2) is 48.5 Å². The number of anilines is 2. The summed E-state index contributed by atoms with van der Waals surface area (Å²) in [6, 6.07) is 15.8. The molecule has 1 aliphatic heterocycles. The number of nitrogens with zero attached hydrogens (tertiary/aromatic N) is 2. The van der Waals surface area contributed by atoms with E-state index < -0.39 is 24.6 Å². The highest BCUT2D eigenvalue weighted by Crippen LogP contribution is 2.19. The van der Waals surface area contributed by atoms with Gasteiger partial charge in [0.25, 0.3) is 5.91 Å². The van der Waals surface area contributed by atoms with Gasteiger partial charge in [-0.05, 0) is 55.5 Å². The van der Waals surface area contributed by atoms with E-state index in [1.165, 1.54) is 6.92 Å². The van der Waals surface area contributed by atoms with Gasteiger partial charge in [-0.1, -0.05) is 0 Å². The van der Waals surface area contributed by atoms with Crippen LogP contribution in [0.1, 0.15) is 12.5 Å². The Morgan fingerprint density at radius 1 is 1.13 bits per heavy atom. The van der Waals surface area contributed by atoms with Gasteiger partial charge in [0.2, 0.25) is 0 Å². The second kappa shape index (κ2) is 10.3. The van der Waals surface area contributed by atoms with Gasteiger partial charge < -0.3 is 24.4 Å². The van der Waals surface area contributed by atoms with Crippen molar-refractivity contribution in [3.8, 4) is 11.8 Å². The van der Waals surface area contributed by atoms with E-state index in [-0.39, 0.29) is 0 Å². The lowest BCUT2D eigenvalue weighted by atomic mass is 10.2. The van der Waals surface area contributed by atoms with Gasteiger partial charge in [0.05, 0.1) is 24.8 Å². The summed E-state index contributed by atoms with van der Waals surface area (Å²) in [5, 5.41) is 11.5. The second-order valence-corrected chi connectivity index (χ2v) is 6.70. The number of nitrogens with one attached hydrogen (secondary N) is 1. The molecule has 3 rings (SSSR count). The van der Waals surface area contributed by atoms with Crippen LogP contribution in [0.25, 0.3) is 0 Å². The largest absolute Gasteiger partial charge is 0.479 e. The van der Waals surface area contributed by atoms with Gasteiger partial charge in [-0.25, -0.2) is 4.79 Å². The molecule has 8 nitrogen and oxygen atoms in total. The van der Waals surface area contributed by atoms with Crippen molar-refractivity contribution >= 4 is 23.3 Å². The molecule has 156 valence electrons. The minimum absolute atomic E-state index is 0.412. The van der Waals surface area contributed by atoms with Crippen LogP contribution >= 0.6 is 0 Å². The molecule has 1 fully saturated rings. The van der Waals surface area contributed by atoms with Crippen molar-refractivity contribution < 1.29 is 23.8 Å². The number of esters is 1. The number of rotatable bonds is 7. The molecule has 2 aromatic rings. The van der Waals surface area contributed by atoms with Crippen molar-refractivity contribution in [1.82, 2.24) is 0 Å². The average Bonchev–Trinajstić information content (AvgIpc) is 2.79. The number of nitriles is 1. The van der Waals surface area contributed by atoms with Crippen molar-refractivity contribution in [2.24, 2.45) is 0 Å². The molecule has 0 aromatic heterocycles. The number of hydrogen-bond donors (Lipinski definition) is 1. The molecular weight excluding hydrogens is 386 g/mol. The average molecular weight is 409 g/mol. The van der Waals surface area contributed by atoms with Crippen LogP contribution < -0.4 is 15.0 Å². The fourth-order valence-corrected chi connectivity index (χ4v) is 2.89. The molecule has 1 heterocycles. The zero-order chi connectivity index (χ0) is 21.3. The number of morpholine rings is 1. The molecule has 0 unspecified atom stereocenters. The zero-order valence-electron chi connectivity index (χ0n) is 16.7. The Morgan fingerprint density at radius 3 is 2.43 bits per heavy atom. The minimum atomic E-state index is -0.890. The lowest BCUT2D eigenvalue weighted by molar-refractivity contribution is -0.153. The van der Waals surface area contributed by atoms with E-state index in [0.717, 1.165) is 18.8 Å². The molecule has 0 bridgehead atoms. The summed E-state index contributed by atoms with van der Waals surface area (Å²) in [6.07, 6.45) is -0.890. The third-order valence-electron chi connectivity index (χ3n) is 4.50. The highest BCUT2D eigenvalue weighted by molar-refractivity contribution is 5.93. The summed E-state index contributed by atoms with van der Waals surface area (Å²) in [7, 11) is 0. The fourth-order valence-electron chi connectivity index (χ4n) is 2.89. The standard InChI is InChI=1S/C22H23N3O5/c1-16(30-20-8-2-17(14-23)3-9-20)22(27)29-15-21(26)24-18-4-6-19(7-5-18)25-10-12-28-13-11-25/h2-9,16H,10-13,15H2,1H3,(H,24,26)/t16-/m0/s1. The monoisotopic (exact) mass is 409 g/mol. The van der Waals surface area contributed by atoms with Crippen molar-refractivity contribution in [2.75, 3.05) is 43.1 Å². The maximum absolute atomic E-state index is 12.1. The fraction of sp³-hybridized carbons (Fsp3) is 0.318. The van der Waals surface area contributed by atoms with E-state index >= 15 is 0 Å². The summed E-state index contributed by atoms with van der Waals surface area (Å²) in [5.41, 5.74) is 2.18. The Morgan fingerprint density at radius 2 is 1.80 bits per heavy atom. The highest BCUT2D eigenvalue weighted by Gasteiger charge is 2.18. The molecule has 0 saturated carbocycles. The van der Waals surface area contributed by atoms with E-state index in [2.05, 4.69) is 10.2 Å². The minimum Gasteiger partial charge on any atom is -0.479 e. The SMILES string of the molecule is C[C@H](Oc1ccc(C#N)cc1)C(=O)OCC(=O)Nc1ccc(N2CCOCC2)cc1. The lowest BCUT2D eigenvalue weighted by Gasteiger charge is -2.28. The zero-order valence-corrected chi connectivity index (χ0v) is 16.7. The number of amides is 1. The summed E-state index contributed by atoms with van der Waals surface area (Å²) < 4.78 is 15.8. The van der Waals surface area contributed by atoms with E-state index in [1.54, 1.807) is 36.4 Å². The van der Waals surface area contributed by atoms with Crippen molar-refractivity contribution in [3.05, 3.63) is 54.1 Å². The number of carbonyl (C=O) groups is 2. The summed E-state index contributed by atoms with van der Waals surface area (Å²) >= 11 is 0. The third-order valence-corrected chi connectivity index (χ3v) is 4.50. The van der Waals surface area contributed by atoms with Crippen LogP contribution in [0, 0.1) is 11.3 Å². The Labute approximate surface area is 174 Å².